The van der Waals surface area contributed by atoms with E-state index in [2.05, 4.69) is 10.2 Å². The molecule has 0 aliphatic carbocycles. The van der Waals surface area contributed by atoms with Crippen molar-refractivity contribution in [3.05, 3.63) is 40.7 Å². The first-order chi connectivity index (χ1) is 9.00. The molecular formula is C11H11N5O3. The first-order valence-electron chi connectivity index (χ1n) is 5.40. The van der Waals surface area contributed by atoms with E-state index in [0.29, 0.717) is 11.6 Å². The number of benzene rings is 1. The monoisotopic (exact) mass is 261 g/mol. The Morgan fingerprint density at radius 2 is 2.21 bits per heavy atom. The van der Waals surface area contributed by atoms with Gasteiger partial charge in [-0.1, -0.05) is 6.07 Å². The Morgan fingerprint density at radius 3 is 2.74 bits per heavy atom. The molecular weight excluding hydrogens is 250 g/mol. The molecule has 0 unspecified atom stereocenters. The summed E-state index contributed by atoms with van der Waals surface area (Å²) in [6, 6.07) is 5.79. The molecule has 1 heterocycles. The van der Waals surface area contributed by atoms with Crippen molar-refractivity contribution < 1.29 is 9.72 Å². The van der Waals surface area contributed by atoms with E-state index in [0.717, 1.165) is 0 Å². The number of anilines is 2. The predicted molar refractivity (Wildman–Crippen MR) is 66.9 cm³/mol. The zero-order chi connectivity index (χ0) is 14.0. The van der Waals surface area contributed by atoms with Crippen LogP contribution in [-0.2, 0) is 11.8 Å². The number of nitro groups is 1. The second-order valence-electron chi connectivity index (χ2n) is 3.87. The molecule has 19 heavy (non-hydrogen) atoms. The SMILES string of the molecule is CC(=O)N(c1cccc([N+](=O)[O-])c1)c1nncn1C. The second-order valence-corrected chi connectivity index (χ2v) is 3.87. The minimum absolute atomic E-state index is 0.0917. The highest BCUT2D eigenvalue weighted by Gasteiger charge is 2.20. The number of hydrogen-bond donors (Lipinski definition) is 0. The Balaban J connectivity index is 2.52. The molecule has 8 heteroatoms. The summed E-state index contributed by atoms with van der Waals surface area (Å²) in [5.74, 6) is -0.00963. The van der Waals surface area contributed by atoms with E-state index in [-0.39, 0.29) is 11.6 Å². The van der Waals surface area contributed by atoms with Crippen molar-refractivity contribution in [2.75, 3.05) is 4.90 Å². The Labute approximate surface area is 108 Å². The average Bonchev–Trinajstić information content (AvgIpc) is 2.76. The number of non-ortho nitro benzene ring substituents is 1. The molecule has 0 fully saturated rings. The largest absolute Gasteiger partial charge is 0.302 e. The van der Waals surface area contributed by atoms with Crippen LogP contribution >= 0.6 is 0 Å². The minimum Gasteiger partial charge on any atom is -0.302 e. The van der Waals surface area contributed by atoms with Gasteiger partial charge in [0.15, 0.2) is 0 Å². The van der Waals surface area contributed by atoms with Gasteiger partial charge in [-0.3, -0.25) is 14.9 Å². The first-order valence-corrected chi connectivity index (χ1v) is 5.40. The summed E-state index contributed by atoms with van der Waals surface area (Å²) in [6.07, 6.45) is 1.45. The van der Waals surface area contributed by atoms with Crippen molar-refractivity contribution in [3.63, 3.8) is 0 Å². The van der Waals surface area contributed by atoms with Gasteiger partial charge in [-0.05, 0) is 6.07 Å². The minimum atomic E-state index is -0.515. The van der Waals surface area contributed by atoms with Gasteiger partial charge in [-0.15, -0.1) is 10.2 Å². The lowest BCUT2D eigenvalue weighted by molar-refractivity contribution is -0.384. The molecule has 0 aliphatic rings. The molecule has 0 aliphatic heterocycles. The maximum absolute atomic E-state index is 11.8. The van der Waals surface area contributed by atoms with Crippen LogP contribution in [0.3, 0.4) is 0 Å². The van der Waals surface area contributed by atoms with Crippen LogP contribution in [0.1, 0.15) is 6.92 Å². The molecule has 0 N–H and O–H groups in total. The van der Waals surface area contributed by atoms with Gasteiger partial charge in [0.1, 0.15) is 6.33 Å². The first kappa shape index (κ1) is 12.7. The fourth-order valence-corrected chi connectivity index (χ4v) is 1.66. The van der Waals surface area contributed by atoms with Crippen LogP contribution in [0.5, 0.6) is 0 Å². The number of hydrogen-bond acceptors (Lipinski definition) is 5. The van der Waals surface area contributed by atoms with E-state index in [4.69, 9.17) is 0 Å². The molecule has 0 radical (unpaired) electrons. The summed E-state index contributed by atoms with van der Waals surface area (Å²) in [5, 5.41) is 18.3. The highest BCUT2D eigenvalue weighted by atomic mass is 16.6. The maximum Gasteiger partial charge on any atom is 0.271 e. The van der Waals surface area contributed by atoms with Gasteiger partial charge in [0.2, 0.25) is 11.9 Å². The van der Waals surface area contributed by atoms with Crippen molar-refractivity contribution in [1.82, 2.24) is 14.8 Å². The van der Waals surface area contributed by atoms with Crippen LogP contribution in [0.15, 0.2) is 30.6 Å². The highest BCUT2D eigenvalue weighted by Crippen LogP contribution is 2.26. The lowest BCUT2D eigenvalue weighted by Crippen LogP contribution is -2.25. The zero-order valence-corrected chi connectivity index (χ0v) is 10.3. The van der Waals surface area contributed by atoms with Crippen molar-refractivity contribution in [1.29, 1.82) is 0 Å². The summed E-state index contributed by atoms with van der Waals surface area (Å²) in [4.78, 5) is 23.3. The van der Waals surface area contributed by atoms with Gasteiger partial charge in [-0.25, -0.2) is 4.90 Å². The van der Waals surface area contributed by atoms with Crippen LogP contribution in [0, 0.1) is 10.1 Å². The average molecular weight is 261 g/mol. The fraction of sp³-hybridized carbons (Fsp3) is 0.182. The number of rotatable bonds is 3. The van der Waals surface area contributed by atoms with E-state index < -0.39 is 4.92 Å². The number of aromatic nitrogens is 3. The smallest absolute Gasteiger partial charge is 0.271 e. The summed E-state index contributed by atoms with van der Waals surface area (Å²) >= 11 is 0. The lowest BCUT2D eigenvalue weighted by Gasteiger charge is -2.19. The third-order valence-electron chi connectivity index (χ3n) is 2.50. The fourth-order valence-electron chi connectivity index (χ4n) is 1.66. The molecule has 0 saturated heterocycles. The number of aryl methyl sites for hydroxylation is 1. The molecule has 98 valence electrons. The van der Waals surface area contributed by atoms with Crippen LogP contribution in [0.2, 0.25) is 0 Å². The topological polar surface area (TPSA) is 94.2 Å². The molecule has 8 nitrogen and oxygen atoms in total. The Kier molecular flexibility index (Phi) is 3.23. The van der Waals surface area contributed by atoms with Crippen molar-refractivity contribution in [2.45, 2.75) is 6.92 Å². The van der Waals surface area contributed by atoms with Gasteiger partial charge in [0.05, 0.1) is 10.6 Å². The van der Waals surface area contributed by atoms with E-state index >= 15 is 0 Å². The summed E-state index contributed by atoms with van der Waals surface area (Å²) in [6.45, 7) is 1.35. The number of nitro benzene ring substituents is 1. The summed E-state index contributed by atoms with van der Waals surface area (Å²) in [5.41, 5.74) is 0.281. The molecule has 0 spiro atoms. The number of nitrogens with zero attached hydrogens (tertiary/aromatic N) is 5. The number of carbonyl (C=O) groups is 1. The predicted octanol–water partition coefficient (Wildman–Crippen LogP) is 1.41. The summed E-state index contributed by atoms with van der Waals surface area (Å²) < 4.78 is 1.56. The molecule has 0 atom stereocenters. The van der Waals surface area contributed by atoms with Gasteiger partial charge >= 0.3 is 0 Å². The molecule has 0 saturated carbocycles. The Hall–Kier alpha value is -2.77. The van der Waals surface area contributed by atoms with E-state index in [1.54, 1.807) is 17.7 Å². The zero-order valence-electron chi connectivity index (χ0n) is 10.3. The van der Waals surface area contributed by atoms with Gasteiger partial charge in [0, 0.05) is 26.1 Å². The molecule has 1 aromatic carbocycles. The van der Waals surface area contributed by atoms with Gasteiger partial charge in [0.25, 0.3) is 5.69 Å². The third kappa shape index (κ3) is 2.41. The van der Waals surface area contributed by atoms with Crippen LogP contribution in [0.25, 0.3) is 0 Å². The van der Waals surface area contributed by atoms with Crippen molar-refractivity contribution >= 4 is 23.2 Å². The van der Waals surface area contributed by atoms with Crippen LogP contribution < -0.4 is 4.90 Å². The third-order valence-corrected chi connectivity index (χ3v) is 2.50. The molecule has 2 aromatic rings. The van der Waals surface area contributed by atoms with Crippen LogP contribution in [0.4, 0.5) is 17.3 Å². The van der Waals surface area contributed by atoms with Crippen molar-refractivity contribution in [3.8, 4) is 0 Å². The van der Waals surface area contributed by atoms with Crippen LogP contribution in [-0.4, -0.2) is 25.6 Å². The standard InChI is InChI=1S/C11H11N5O3/c1-8(17)15(11-13-12-7-14(11)2)9-4-3-5-10(6-9)16(18)19/h3-7H,1-2H3. The molecule has 1 amide bonds. The summed E-state index contributed by atoms with van der Waals surface area (Å²) in [7, 11) is 1.68. The highest BCUT2D eigenvalue weighted by molar-refractivity contribution is 5.97. The van der Waals surface area contributed by atoms with E-state index in [1.807, 2.05) is 0 Å². The Morgan fingerprint density at radius 1 is 1.47 bits per heavy atom. The molecule has 1 aromatic heterocycles. The van der Waals surface area contributed by atoms with Gasteiger partial charge < -0.3 is 4.57 Å². The number of amides is 1. The normalized spacial score (nSPS) is 10.2. The van der Waals surface area contributed by atoms with Crippen molar-refractivity contribution in [2.24, 2.45) is 7.05 Å². The van der Waals surface area contributed by atoms with Gasteiger partial charge in [-0.2, -0.15) is 0 Å². The quantitative estimate of drug-likeness (QED) is 0.615. The maximum atomic E-state index is 11.8. The molecule has 0 bridgehead atoms. The second kappa shape index (κ2) is 4.84. The lowest BCUT2D eigenvalue weighted by atomic mass is 10.2. The Bertz CT molecular complexity index is 637. The number of carbonyl (C=O) groups excluding carboxylic acids is 1. The van der Waals surface area contributed by atoms with E-state index in [9.17, 15) is 14.9 Å². The van der Waals surface area contributed by atoms with E-state index in [1.165, 1.54) is 36.4 Å². The molecule has 2 rings (SSSR count).